The number of methoxy groups -OCH3 is 2. The van der Waals surface area contributed by atoms with Gasteiger partial charge in [-0.25, -0.2) is 0 Å². The maximum absolute atomic E-state index is 11.7. The fourth-order valence-electron chi connectivity index (χ4n) is 3.07. The number of carbonyl (C=O) groups is 1. The van der Waals surface area contributed by atoms with Gasteiger partial charge in [0.15, 0.2) is 5.96 Å². The summed E-state index contributed by atoms with van der Waals surface area (Å²) in [5.41, 5.74) is 1.12. The smallest absolute Gasteiger partial charge is 0.308 e. The van der Waals surface area contributed by atoms with E-state index in [9.17, 15) is 4.79 Å². The van der Waals surface area contributed by atoms with Crippen LogP contribution in [0.5, 0.6) is 0 Å². The maximum Gasteiger partial charge on any atom is 0.308 e. The Morgan fingerprint density at radius 3 is 2.52 bits per heavy atom. The molecule has 25 heavy (non-hydrogen) atoms. The van der Waals surface area contributed by atoms with E-state index in [2.05, 4.69) is 29.3 Å². The molecule has 1 atom stereocenters. The summed E-state index contributed by atoms with van der Waals surface area (Å²) in [4.78, 5) is 18.7. The molecule has 2 rings (SSSR count). The number of likely N-dealkylation sites (tertiary alicyclic amines) is 1. The molecule has 1 aliphatic rings. The van der Waals surface area contributed by atoms with Crippen molar-refractivity contribution in [1.29, 1.82) is 0 Å². The molecule has 1 aromatic carbocycles. The Morgan fingerprint density at radius 1 is 1.28 bits per heavy atom. The van der Waals surface area contributed by atoms with Gasteiger partial charge in [-0.05, 0) is 25.3 Å². The van der Waals surface area contributed by atoms with Crippen LogP contribution >= 0.6 is 0 Å². The number of nitrogens with zero attached hydrogens (tertiary/aromatic N) is 2. The molecule has 0 radical (unpaired) electrons. The molecule has 0 saturated carbocycles. The second-order valence-electron chi connectivity index (χ2n) is 6.11. The molecule has 1 aliphatic heterocycles. The third-order valence-corrected chi connectivity index (χ3v) is 4.53. The molecular formula is C19H29N3O3. The average Bonchev–Trinajstić information content (AvgIpc) is 2.68. The standard InChI is InChI=1S/C19H29N3O3/c1-4-20-19(22-12-10-16(11-13-22)18(23)25-3)21-14-17(24-2)15-8-6-5-7-9-15/h5-9,16-17H,4,10-14H2,1-3H3,(H,20,21). The summed E-state index contributed by atoms with van der Waals surface area (Å²) in [5, 5.41) is 3.35. The Kier molecular flexibility index (Phi) is 7.73. The van der Waals surface area contributed by atoms with Gasteiger partial charge < -0.3 is 19.7 Å². The van der Waals surface area contributed by atoms with Gasteiger partial charge in [-0.3, -0.25) is 9.79 Å². The van der Waals surface area contributed by atoms with Gasteiger partial charge in [0.1, 0.15) is 6.10 Å². The molecule has 0 aromatic heterocycles. The number of hydrogen-bond donors (Lipinski definition) is 1. The zero-order chi connectivity index (χ0) is 18.1. The van der Waals surface area contributed by atoms with Crippen molar-refractivity contribution >= 4 is 11.9 Å². The van der Waals surface area contributed by atoms with Gasteiger partial charge in [0.05, 0.1) is 19.6 Å². The van der Waals surface area contributed by atoms with Crippen molar-refractivity contribution in [2.75, 3.05) is 40.4 Å². The van der Waals surface area contributed by atoms with Crippen molar-refractivity contribution < 1.29 is 14.3 Å². The highest BCUT2D eigenvalue weighted by atomic mass is 16.5. The molecule has 0 aliphatic carbocycles. The van der Waals surface area contributed by atoms with Crippen LogP contribution in [0.15, 0.2) is 35.3 Å². The lowest BCUT2D eigenvalue weighted by Gasteiger charge is -2.33. The topological polar surface area (TPSA) is 63.2 Å². The summed E-state index contributed by atoms with van der Waals surface area (Å²) in [6.45, 7) is 5.02. The molecule has 138 valence electrons. The number of rotatable bonds is 6. The molecule has 1 unspecified atom stereocenters. The van der Waals surface area contributed by atoms with E-state index >= 15 is 0 Å². The van der Waals surface area contributed by atoms with Crippen LogP contribution < -0.4 is 5.32 Å². The van der Waals surface area contributed by atoms with Gasteiger partial charge in [-0.2, -0.15) is 0 Å². The van der Waals surface area contributed by atoms with Gasteiger partial charge >= 0.3 is 5.97 Å². The van der Waals surface area contributed by atoms with Crippen LogP contribution in [0.25, 0.3) is 0 Å². The monoisotopic (exact) mass is 347 g/mol. The summed E-state index contributed by atoms with van der Waals surface area (Å²) in [7, 11) is 3.16. The first kappa shape index (κ1) is 19.2. The summed E-state index contributed by atoms with van der Waals surface area (Å²) in [6, 6.07) is 10.1. The molecule has 6 heteroatoms. The first-order valence-electron chi connectivity index (χ1n) is 8.88. The number of ether oxygens (including phenoxy) is 2. The van der Waals surface area contributed by atoms with Crippen molar-refractivity contribution in [3.63, 3.8) is 0 Å². The predicted molar refractivity (Wildman–Crippen MR) is 98.5 cm³/mol. The highest BCUT2D eigenvalue weighted by molar-refractivity contribution is 5.80. The lowest BCUT2D eigenvalue weighted by atomic mass is 9.97. The Bertz CT molecular complexity index is 554. The summed E-state index contributed by atoms with van der Waals surface area (Å²) in [5.74, 6) is 0.772. The van der Waals surface area contributed by atoms with Gasteiger partial charge in [0, 0.05) is 26.7 Å². The lowest BCUT2D eigenvalue weighted by molar-refractivity contribution is -0.146. The molecule has 0 amide bonds. The first-order chi connectivity index (χ1) is 12.2. The third-order valence-electron chi connectivity index (χ3n) is 4.53. The van der Waals surface area contributed by atoms with E-state index in [1.807, 2.05) is 18.2 Å². The zero-order valence-electron chi connectivity index (χ0n) is 15.4. The van der Waals surface area contributed by atoms with E-state index in [-0.39, 0.29) is 18.0 Å². The summed E-state index contributed by atoms with van der Waals surface area (Å²) in [6.07, 6.45) is 1.52. The highest BCUT2D eigenvalue weighted by Crippen LogP contribution is 2.20. The number of benzene rings is 1. The molecule has 0 spiro atoms. The molecule has 1 heterocycles. The van der Waals surface area contributed by atoms with Crippen molar-refractivity contribution in [3.8, 4) is 0 Å². The highest BCUT2D eigenvalue weighted by Gasteiger charge is 2.27. The van der Waals surface area contributed by atoms with E-state index in [0.29, 0.717) is 6.54 Å². The van der Waals surface area contributed by atoms with Crippen molar-refractivity contribution in [3.05, 3.63) is 35.9 Å². The van der Waals surface area contributed by atoms with Crippen LogP contribution in [0.2, 0.25) is 0 Å². The molecule has 1 saturated heterocycles. The fourth-order valence-corrected chi connectivity index (χ4v) is 3.07. The molecule has 1 fully saturated rings. The van der Waals surface area contributed by atoms with Gasteiger partial charge in [-0.1, -0.05) is 30.3 Å². The minimum Gasteiger partial charge on any atom is -0.469 e. The maximum atomic E-state index is 11.7. The Morgan fingerprint density at radius 2 is 1.96 bits per heavy atom. The van der Waals surface area contributed by atoms with Crippen LogP contribution in [0, 0.1) is 5.92 Å². The second-order valence-corrected chi connectivity index (χ2v) is 6.11. The normalized spacial score (nSPS) is 17.2. The Labute approximate surface area is 150 Å². The van der Waals surface area contributed by atoms with Crippen LogP contribution in [0.4, 0.5) is 0 Å². The van der Waals surface area contributed by atoms with Crippen LogP contribution in [-0.2, 0) is 14.3 Å². The van der Waals surface area contributed by atoms with Crippen molar-refractivity contribution in [2.24, 2.45) is 10.9 Å². The van der Waals surface area contributed by atoms with Crippen molar-refractivity contribution in [2.45, 2.75) is 25.9 Å². The van der Waals surface area contributed by atoms with Crippen LogP contribution in [0.3, 0.4) is 0 Å². The summed E-state index contributed by atoms with van der Waals surface area (Å²) < 4.78 is 10.5. The minimum absolute atomic E-state index is 0.000156. The van der Waals surface area contributed by atoms with Crippen molar-refractivity contribution in [1.82, 2.24) is 10.2 Å². The summed E-state index contributed by atoms with van der Waals surface area (Å²) >= 11 is 0. The zero-order valence-corrected chi connectivity index (χ0v) is 15.4. The van der Waals surface area contributed by atoms with Crippen LogP contribution in [-0.4, -0.2) is 57.2 Å². The molecule has 1 aromatic rings. The Hall–Kier alpha value is -2.08. The third kappa shape index (κ3) is 5.46. The predicted octanol–water partition coefficient (Wildman–Crippen LogP) is 2.22. The first-order valence-corrected chi connectivity index (χ1v) is 8.88. The largest absolute Gasteiger partial charge is 0.469 e. The van der Waals surface area contributed by atoms with E-state index in [1.54, 1.807) is 7.11 Å². The number of guanidine groups is 1. The molecular weight excluding hydrogens is 318 g/mol. The fraction of sp³-hybridized carbons (Fsp3) is 0.579. The van der Waals surface area contributed by atoms with Gasteiger partial charge in [0.25, 0.3) is 0 Å². The number of piperidine rings is 1. The van der Waals surface area contributed by atoms with E-state index in [4.69, 9.17) is 14.5 Å². The van der Waals surface area contributed by atoms with Crippen LogP contribution in [0.1, 0.15) is 31.4 Å². The number of hydrogen-bond acceptors (Lipinski definition) is 4. The number of aliphatic imine (C=N–C) groups is 1. The molecule has 0 bridgehead atoms. The Balaban J connectivity index is 2.00. The van der Waals surface area contributed by atoms with E-state index in [1.165, 1.54) is 7.11 Å². The number of carbonyl (C=O) groups excluding carboxylic acids is 1. The quantitative estimate of drug-likeness (QED) is 0.486. The average molecular weight is 347 g/mol. The van der Waals surface area contributed by atoms with E-state index in [0.717, 1.165) is 44.0 Å². The second kappa shape index (κ2) is 10.0. The van der Waals surface area contributed by atoms with E-state index < -0.39 is 0 Å². The number of esters is 1. The number of nitrogens with one attached hydrogen (secondary N) is 1. The minimum atomic E-state index is -0.106. The van der Waals surface area contributed by atoms with Gasteiger partial charge in [-0.15, -0.1) is 0 Å². The SMILES string of the molecule is CCNC(=NCC(OC)c1ccccc1)N1CCC(C(=O)OC)CC1. The lowest BCUT2D eigenvalue weighted by Crippen LogP contribution is -2.46. The molecule has 1 N–H and O–H groups in total. The van der Waals surface area contributed by atoms with Gasteiger partial charge in [0.2, 0.25) is 0 Å². The molecule has 6 nitrogen and oxygen atoms in total.